The van der Waals surface area contributed by atoms with E-state index in [1.54, 1.807) is 12.4 Å². The SMILES string of the molecule is Cc1ccnc(/C=N/Nc2ncc(F)c(N3CCOCC3)n2)c1. The standard InChI is InChI=1S/C15H17FN6O/c1-11-2-3-17-12(8-11)9-19-21-15-18-10-13(16)14(20-15)22-4-6-23-7-5-22/h2-3,8-10H,4-7H2,1H3,(H,18,20,21)/b19-9+. The Morgan fingerprint density at radius 2 is 2.17 bits per heavy atom. The van der Waals surface area contributed by atoms with Gasteiger partial charge in [-0.3, -0.25) is 4.98 Å². The van der Waals surface area contributed by atoms with Crippen LogP contribution in [0.3, 0.4) is 0 Å². The third kappa shape index (κ3) is 3.98. The predicted molar refractivity (Wildman–Crippen MR) is 85.2 cm³/mol. The number of pyridine rings is 1. The molecule has 0 aliphatic carbocycles. The fraction of sp³-hybridized carbons (Fsp3) is 0.333. The van der Waals surface area contributed by atoms with E-state index in [0.29, 0.717) is 32.0 Å². The van der Waals surface area contributed by atoms with Crippen molar-refractivity contribution in [3.63, 3.8) is 0 Å². The van der Waals surface area contributed by atoms with Crippen LogP contribution < -0.4 is 10.3 Å². The second-order valence-corrected chi connectivity index (χ2v) is 5.09. The van der Waals surface area contributed by atoms with Crippen molar-refractivity contribution in [1.82, 2.24) is 15.0 Å². The van der Waals surface area contributed by atoms with Gasteiger partial charge in [0.05, 0.1) is 31.3 Å². The molecule has 7 nitrogen and oxygen atoms in total. The minimum atomic E-state index is -0.457. The quantitative estimate of drug-likeness (QED) is 0.682. The molecule has 0 aromatic carbocycles. The molecule has 0 spiro atoms. The highest BCUT2D eigenvalue weighted by atomic mass is 19.1. The molecule has 0 amide bonds. The summed E-state index contributed by atoms with van der Waals surface area (Å²) in [5.74, 6) is 0.0354. The summed E-state index contributed by atoms with van der Waals surface area (Å²) < 4.78 is 19.2. The Hall–Kier alpha value is -2.61. The first-order valence-electron chi connectivity index (χ1n) is 7.29. The highest BCUT2D eigenvalue weighted by molar-refractivity contribution is 5.77. The number of aromatic nitrogens is 3. The van der Waals surface area contributed by atoms with Crippen molar-refractivity contribution in [1.29, 1.82) is 0 Å². The summed E-state index contributed by atoms with van der Waals surface area (Å²) in [6, 6.07) is 3.80. The molecule has 1 aliphatic heterocycles. The molecule has 0 atom stereocenters. The Bertz CT molecular complexity index is 702. The highest BCUT2D eigenvalue weighted by Crippen LogP contribution is 2.18. The van der Waals surface area contributed by atoms with Crippen LogP contribution >= 0.6 is 0 Å². The molecule has 2 aromatic heterocycles. The molecule has 0 saturated carbocycles. The van der Waals surface area contributed by atoms with Gasteiger partial charge in [0, 0.05) is 19.3 Å². The van der Waals surface area contributed by atoms with Crippen LogP contribution in [0.4, 0.5) is 16.2 Å². The van der Waals surface area contributed by atoms with Gasteiger partial charge in [0.25, 0.3) is 0 Å². The molecule has 8 heteroatoms. The summed E-state index contributed by atoms with van der Waals surface area (Å²) >= 11 is 0. The van der Waals surface area contributed by atoms with E-state index < -0.39 is 5.82 Å². The Labute approximate surface area is 133 Å². The van der Waals surface area contributed by atoms with Gasteiger partial charge in [0.2, 0.25) is 5.95 Å². The lowest BCUT2D eigenvalue weighted by molar-refractivity contribution is 0.122. The van der Waals surface area contributed by atoms with Gasteiger partial charge in [-0.05, 0) is 24.6 Å². The van der Waals surface area contributed by atoms with Gasteiger partial charge in [0.1, 0.15) is 0 Å². The van der Waals surface area contributed by atoms with Gasteiger partial charge in [-0.15, -0.1) is 0 Å². The molecule has 1 fully saturated rings. The highest BCUT2D eigenvalue weighted by Gasteiger charge is 2.17. The average molecular weight is 316 g/mol. The largest absolute Gasteiger partial charge is 0.378 e. The van der Waals surface area contributed by atoms with E-state index in [1.807, 2.05) is 24.0 Å². The first-order chi connectivity index (χ1) is 11.2. The second-order valence-electron chi connectivity index (χ2n) is 5.09. The van der Waals surface area contributed by atoms with Gasteiger partial charge in [-0.2, -0.15) is 10.1 Å². The van der Waals surface area contributed by atoms with Crippen molar-refractivity contribution in [2.75, 3.05) is 36.6 Å². The van der Waals surface area contributed by atoms with Crippen LogP contribution in [-0.4, -0.2) is 47.5 Å². The van der Waals surface area contributed by atoms with Crippen molar-refractivity contribution in [3.05, 3.63) is 41.6 Å². The number of halogens is 1. The van der Waals surface area contributed by atoms with Gasteiger partial charge >= 0.3 is 0 Å². The molecule has 3 heterocycles. The van der Waals surface area contributed by atoms with Gasteiger partial charge in [0.15, 0.2) is 11.6 Å². The van der Waals surface area contributed by atoms with Crippen LogP contribution in [0.5, 0.6) is 0 Å². The summed E-state index contributed by atoms with van der Waals surface area (Å²) in [5.41, 5.74) is 4.51. The Kier molecular flexibility index (Phi) is 4.72. The third-order valence-electron chi connectivity index (χ3n) is 3.33. The minimum absolute atomic E-state index is 0.233. The van der Waals surface area contributed by atoms with Gasteiger partial charge < -0.3 is 9.64 Å². The van der Waals surface area contributed by atoms with E-state index in [0.717, 1.165) is 11.8 Å². The first kappa shape index (κ1) is 15.3. The van der Waals surface area contributed by atoms with E-state index in [4.69, 9.17) is 4.74 Å². The summed E-state index contributed by atoms with van der Waals surface area (Å²) in [6.45, 7) is 4.30. The van der Waals surface area contributed by atoms with E-state index in [9.17, 15) is 4.39 Å². The lowest BCUT2D eigenvalue weighted by Gasteiger charge is -2.27. The number of hydrogen-bond donors (Lipinski definition) is 1. The monoisotopic (exact) mass is 316 g/mol. The number of hydrazone groups is 1. The zero-order valence-corrected chi connectivity index (χ0v) is 12.7. The van der Waals surface area contributed by atoms with E-state index >= 15 is 0 Å². The number of rotatable bonds is 4. The Morgan fingerprint density at radius 3 is 2.96 bits per heavy atom. The van der Waals surface area contributed by atoms with Crippen molar-refractivity contribution in [2.45, 2.75) is 6.92 Å². The van der Waals surface area contributed by atoms with Crippen LogP contribution in [0, 0.1) is 12.7 Å². The molecule has 1 N–H and O–H groups in total. The molecular weight excluding hydrogens is 299 g/mol. The summed E-state index contributed by atoms with van der Waals surface area (Å²) in [7, 11) is 0. The number of ether oxygens (including phenoxy) is 1. The first-order valence-corrected chi connectivity index (χ1v) is 7.29. The van der Waals surface area contributed by atoms with E-state index in [-0.39, 0.29) is 11.8 Å². The van der Waals surface area contributed by atoms with Crippen LogP contribution in [-0.2, 0) is 4.74 Å². The molecule has 2 aromatic rings. The second kappa shape index (κ2) is 7.10. The zero-order valence-electron chi connectivity index (χ0n) is 12.7. The number of anilines is 2. The van der Waals surface area contributed by atoms with E-state index in [1.165, 1.54) is 0 Å². The number of morpholine rings is 1. The molecule has 3 rings (SSSR count). The van der Waals surface area contributed by atoms with Gasteiger partial charge in [-0.25, -0.2) is 14.8 Å². The van der Waals surface area contributed by atoms with Crippen molar-refractivity contribution in [3.8, 4) is 0 Å². The smallest absolute Gasteiger partial charge is 0.245 e. The summed E-state index contributed by atoms with van der Waals surface area (Å²) in [6.07, 6.45) is 4.41. The maximum absolute atomic E-state index is 13.9. The van der Waals surface area contributed by atoms with Crippen LogP contribution in [0.1, 0.15) is 11.3 Å². The molecule has 120 valence electrons. The maximum Gasteiger partial charge on any atom is 0.245 e. The number of aryl methyl sites for hydroxylation is 1. The Balaban J connectivity index is 1.70. The number of hydrogen-bond acceptors (Lipinski definition) is 7. The van der Waals surface area contributed by atoms with Crippen molar-refractivity contribution < 1.29 is 9.13 Å². The van der Waals surface area contributed by atoms with Crippen LogP contribution in [0.2, 0.25) is 0 Å². The summed E-state index contributed by atoms with van der Waals surface area (Å²) in [5, 5.41) is 4.04. The molecule has 0 bridgehead atoms. The number of nitrogens with one attached hydrogen (secondary N) is 1. The lowest BCUT2D eigenvalue weighted by Crippen LogP contribution is -2.37. The average Bonchev–Trinajstić information content (AvgIpc) is 2.57. The lowest BCUT2D eigenvalue weighted by atomic mass is 10.2. The number of nitrogens with zero attached hydrogens (tertiary/aromatic N) is 5. The topological polar surface area (TPSA) is 75.5 Å². The summed E-state index contributed by atoms with van der Waals surface area (Å²) in [4.78, 5) is 14.1. The van der Waals surface area contributed by atoms with Crippen LogP contribution in [0.25, 0.3) is 0 Å². The molecular formula is C15H17FN6O. The van der Waals surface area contributed by atoms with Crippen molar-refractivity contribution >= 4 is 18.0 Å². The molecule has 0 radical (unpaired) electrons. The van der Waals surface area contributed by atoms with Crippen molar-refractivity contribution in [2.24, 2.45) is 5.10 Å². The minimum Gasteiger partial charge on any atom is -0.378 e. The molecule has 1 saturated heterocycles. The van der Waals surface area contributed by atoms with E-state index in [2.05, 4.69) is 25.5 Å². The fourth-order valence-electron chi connectivity index (χ4n) is 2.20. The predicted octanol–water partition coefficient (Wildman–Crippen LogP) is 1.60. The van der Waals surface area contributed by atoms with Gasteiger partial charge in [-0.1, -0.05) is 0 Å². The zero-order chi connectivity index (χ0) is 16.1. The Morgan fingerprint density at radius 1 is 1.35 bits per heavy atom. The fourth-order valence-corrected chi connectivity index (χ4v) is 2.20. The maximum atomic E-state index is 13.9. The molecule has 0 unspecified atom stereocenters. The normalized spacial score (nSPS) is 15.1. The van der Waals surface area contributed by atoms with Crippen LogP contribution in [0.15, 0.2) is 29.6 Å². The third-order valence-corrected chi connectivity index (χ3v) is 3.33. The molecule has 1 aliphatic rings. The molecule has 23 heavy (non-hydrogen) atoms.